The van der Waals surface area contributed by atoms with Crippen LogP contribution in [0.2, 0.25) is 0 Å². The molecule has 9 heavy (non-hydrogen) atoms. The first-order valence-corrected chi connectivity index (χ1v) is 2.97. The van der Waals surface area contributed by atoms with E-state index in [0.717, 1.165) is 0 Å². The highest BCUT2D eigenvalue weighted by Crippen LogP contribution is 1.95. The second-order valence-corrected chi connectivity index (χ2v) is 1.75. The van der Waals surface area contributed by atoms with Crippen molar-refractivity contribution in [2.75, 3.05) is 38.5 Å². The number of nitrogens with zero attached hydrogens (tertiary/aromatic N) is 1. The number of hydrogen-bond donors (Lipinski definition) is 0. The molecule has 1 aliphatic rings. The monoisotopic (exact) mass is 157 g/mol. The summed E-state index contributed by atoms with van der Waals surface area (Å²) in [6.45, 7) is -11.9. The van der Waals surface area contributed by atoms with Gasteiger partial charge in [0, 0.05) is 30.9 Å². The molecule has 54 valence electrons. The van der Waals surface area contributed by atoms with Crippen molar-refractivity contribution >= 4 is 11.6 Å². The van der Waals surface area contributed by atoms with Gasteiger partial charge in [-0.05, 0) is 0 Å². The Bertz CT molecular complexity index is 282. The van der Waals surface area contributed by atoms with Crippen LogP contribution in [0.4, 0.5) is 0 Å². The number of hydrogen-bond acceptors (Lipinski definition) is 2. The molecule has 0 radical (unpaired) electrons. The Morgan fingerprint density at radius 2 is 2.22 bits per heavy atom. The molecule has 0 N–H and O–H groups in total. The number of halogens is 1. The molecule has 0 amide bonds. The molecule has 0 aliphatic carbocycles. The first-order chi connectivity index (χ1) is 7.40. The standard InChI is InChI=1S/C6H12ClNO/c7-1-2-8-3-5-9-6-4-8/h1-6H2/i3D2,4D2,5D2,6D2. The van der Waals surface area contributed by atoms with Gasteiger partial charge >= 0.3 is 0 Å². The molecular weight excluding hydrogens is 138 g/mol. The predicted octanol–water partition coefficient (Wildman–Crippen LogP) is 0.557. The van der Waals surface area contributed by atoms with Crippen LogP contribution in [0, 0.1) is 0 Å². The second-order valence-electron chi connectivity index (χ2n) is 1.37. The fourth-order valence-corrected chi connectivity index (χ4v) is 0.575. The van der Waals surface area contributed by atoms with Crippen molar-refractivity contribution in [2.45, 2.75) is 0 Å². The number of ether oxygens (including phenoxy) is 1. The summed E-state index contributed by atoms with van der Waals surface area (Å²) in [6.07, 6.45) is 0. The summed E-state index contributed by atoms with van der Waals surface area (Å²) in [7, 11) is 0. The molecular formula is C6H12ClNO. The third-order valence-corrected chi connectivity index (χ3v) is 0.940. The van der Waals surface area contributed by atoms with Crippen LogP contribution in [0.5, 0.6) is 0 Å². The molecule has 1 rings (SSSR count). The van der Waals surface area contributed by atoms with Gasteiger partial charge in [-0.25, -0.2) is 0 Å². The van der Waals surface area contributed by atoms with E-state index in [4.69, 9.17) is 22.6 Å². The minimum Gasteiger partial charge on any atom is -0.379 e. The highest BCUT2D eigenvalue weighted by Gasteiger charge is 2.07. The normalized spacial score (nSPS) is 57.9. The maximum atomic E-state index is 7.55. The SMILES string of the molecule is [2H]C1([2H])OC([2H])([2H])C([2H])([2H])N(CCCl)C1([2H])[2H]. The smallest absolute Gasteiger partial charge is 0.0594 e. The molecule has 0 aromatic rings. The lowest BCUT2D eigenvalue weighted by molar-refractivity contribution is 0.0408. The van der Waals surface area contributed by atoms with Gasteiger partial charge in [-0.15, -0.1) is 11.6 Å². The van der Waals surface area contributed by atoms with E-state index in [-0.39, 0.29) is 12.4 Å². The van der Waals surface area contributed by atoms with Gasteiger partial charge in [0.2, 0.25) is 0 Å². The summed E-state index contributed by atoms with van der Waals surface area (Å²) in [5, 5.41) is 0. The highest BCUT2D eigenvalue weighted by atomic mass is 35.5. The quantitative estimate of drug-likeness (QED) is 0.544. The molecule has 0 spiro atoms. The van der Waals surface area contributed by atoms with Gasteiger partial charge < -0.3 is 4.74 Å². The number of alkyl halides is 1. The molecule has 2 nitrogen and oxygen atoms in total. The van der Waals surface area contributed by atoms with E-state index in [1.165, 1.54) is 0 Å². The molecule has 0 bridgehead atoms. The Hall–Kier alpha value is 0.210. The molecule has 0 unspecified atom stereocenters. The summed E-state index contributed by atoms with van der Waals surface area (Å²) < 4.78 is 63.9. The van der Waals surface area contributed by atoms with Crippen molar-refractivity contribution in [1.82, 2.24) is 4.90 Å². The van der Waals surface area contributed by atoms with Crippen LogP contribution < -0.4 is 0 Å². The van der Waals surface area contributed by atoms with Gasteiger partial charge in [0.1, 0.15) is 0 Å². The van der Waals surface area contributed by atoms with Gasteiger partial charge in [0.05, 0.1) is 18.6 Å². The van der Waals surface area contributed by atoms with Crippen LogP contribution in [0.1, 0.15) is 11.0 Å². The molecule has 0 aromatic heterocycles. The minimum absolute atomic E-state index is 0.162. The lowest BCUT2D eigenvalue weighted by atomic mass is 10.4. The summed E-state index contributed by atoms with van der Waals surface area (Å²) in [4.78, 5) is 0.413. The molecule has 1 saturated heterocycles. The molecule has 1 aliphatic heterocycles. The lowest BCUT2D eigenvalue weighted by Gasteiger charge is -2.25. The summed E-state index contributed by atoms with van der Waals surface area (Å²) in [6, 6.07) is 0. The first-order valence-electron chi connectivity index (χ1n) is 6.44. The Morgan fingerprint density at radius 3 is 2.78 bits per heavy atom. The van der Waals surface area contributed by atoms with Crippen molar-refractivity contribution < 1.29 is 15.7 Å². The maximum absolute atomic E-state index is 7.55. The molecule has 1 heterocycles. The van der Waals surface area contributed by atoms with Crippen LogP contribution in [0.15, 0.2) is 0 Å². The second kappa shape index (κ2) is 4.09. The van der Waals surface area contributed by atoms with Crippen LogP contribution in [0.25, 0.3) is 0 Å². The maximum Gasteiger partial charge on any atom is 0.0594 e. The van der Waals surface area contributed by atoms with Crippen LogP contribution in [0.3, 0.4) is 0 Å². The van der Waals surface area contributed by atoms with E-state index < -0.39 is 26.1 Å². The fraction of sp³-hybridized carbons (Fsp3) is 1.00. The Balaban J connectivity index is 3.27. The van der Waals surface area contributed by atoms with Crippen molar-refractivity contribution in [2.24, 2.45) is 0 Å². The van der Waals surface area contributed by atoms with Gasteiger partial charge in [0.25, 0.3) is 0 Å². The van der Waals surface area contributed by atoms with E-state index in [0.29, 0.717) is 4.90 Å². The third kappa shape index (κ3) is 2.52. The van der Waals surface area contributed by atoms with E-state index >= 15 is 0 Å². The Morgan fingerprint density at radius 1 is 1.56 bits per heavy atom. The van der Waals surface area contributed by atoms with Gasteiger partial charge in [-0.3, -0.25) is 4.90 Å². The van der Waals surface area contributed by atoms with E-state index in [9.17, 15) is 0 Å². The lowest BCUT2D eigenvalue weighted by Crippen LogP contribution is -2.37. The van der Waals surface area contributed by atoms with Gasteiger partial charge in [-0.1, -0.05) is 0 Å². The average molecular weight is 158 g/mol. The predicted molar refractivity (Wildman–Crippen MR) is 38.0 cm³/mol. The molecule has 1 fully saturated rings. The van der Waals surface area contributed by atoms with Crippen LogP contribution in [-0.4, -0.2) is 43.4 Å². The van der Waals surface area contributed by atoms with Crippen LogP contribution in [-0.2, 0) is 4.74 Å². The Kier molecular flexibility index (Phi) is 0.953. The molecule has 3 heteroatoms. The Labute approximate surface area is 72.0 Å². The van der Waals surface area contributed by atoms with E-state index in [1.807, 2.05) is 0 Å². The van der Waals surface area contributed by atoms with Crippen molar-refractivity contribution in [1.29, 1.82) is 0 Å². The van der Waals surface area contributed by atoms with Crippen molar-refractivity contribution in [3.8, 4) is 0 Å². The zero-order valence-corrected chi connectivity index (χ0v) is 5.40. The van der Waals surface area contributed by atoms with Crippen molar-refractivity contribution in [3.63, 3.8) is 0 Å². The number of morpholine rings is 1. The number of rotatable bonds is 2. The van der Waals surface area contributed by atoms with Gasteiger partial charge in [-0.2, -0.15) is 0 Å². The summed E-state index contributed by atoms with van der Waals surface area (Å²) in [5.41, 5.74) is 0. The summed E-state index contributed by atoms with van der Waals surface area (Å²) >= 11 is 5.41. The molecule has 0 aromatic carbocycles. The zero-order valence-electron chi connectivity index (χ0n) is 12.6. The van der Waals surface area contributed by atoms with Crippen LogP contribution >= 0.6 is 11.6 Å². The zero-order chi connectivity index (χ0) is 13.7. The van der Waals surface area contributed by atoms with Gasteiger partial charge in [0.15, 0.2) is 0 Å². The minimum atomic E-state index is -2.98. The van der Waals surface area contributed by atoms with E-state index in [2.05, 4.69) is 4.74 Å². The summed E-state index contributed by atoms with van der Waals surface area (Å²) in [5.74, 6) is -0.162. The highest BCUT2D eigenvalue weighted by molar-refractivity contribution is 6.18. The third-order valence-electron chi connectivity index (χ3n) is 0.771. The fourth-order valence-electron chi connectivity index (χ4n) is 0.406. The molecule has 0 atom stereocenters. The van der Waals surface area contributed by atoms with E-state index in [1.54, 1.807) is 0 Å². The first kappa shape index (κ1) is 2.10. The average Bonchev–Trinajstić information content (AvgIpc) is 2.09. The largest absolute Gasteiger partial charge is 0.379 e. The van der Waals surface area contributed by atoms with Crippen molar-refractivity contribution in [3.05, 3.63) is 0 Å². The topological polar surface area (TPSA) is 12.5 Å². The molecule has 0 saturated carbocycles.